The maximum absolute atomic E-state index is 12.0. The zero-order valence-electron chi connectivity index (χ0n) is 14.2. The quantitative estimate of drug-likeness (QED) is 0.724. The minimum Gasteiger partial charge on any atom is -0.497 e. The Morgan fingerprint density at radius 2 is 1.84 bits per heavy atom. The van der Waals surface area contributed by atoms with Gasteiger partial charge >= 0.3 is 6.09 Å². The van der Waals surface area contributed by atoms with E-state index in [2.05, 4.69) is 11.9 Å². The highest BCUT2D eigenvalue weighted by molar-refractivity contribution is 5.67. The average Bonchev–Trinajstić information content (AvgIpc) is 2.66. The van der Waals surface area contributed by atoms with E-state index in [0.717, 1.165) is 16.9 Å². The lowest BCUT2D eigenvalue weighted by atomic mass is 10.0. The van der Waals surface area contributed by atoms with E-state index < -0.39 is 18.2 Å². The molecule has 2 aromatic carbocycles. The summed E-state index contributed by atoms with van der Waals surface area (Å²) >= 11 is 0. The van der Waals surface area contributed by atoms with Crippen molar-refractivity contribution in [1.29, 1.82) is 0 Å². The van der Waals surface area contributed by atoms with Crippen molar-refractivity contribution in [3.63, 3.8) is 0 Å². The number of aliphatic hydroxyl groups is 1. The topological polar surface area (TPSA) is 67.8 Å². The van der Waals surface area contributed by atoms with E-state index in [0.29, 0.717) is 6.42 Å². The molecule has 2 rings (SSSR count). The first-order valence-corrected chi connectivity index (χ1v) is 8.03. The van der Waals surface area contributed by atoms with Gasteiger partial charge in [-0.2, -0.15) is 0 Å². The fourth-order valence-corrected chi connectivity index (χ4v) is 2.35. The molecule has 2 aromatic rings. The molecule has 0 fully saturated rings. The van der Waals surface area contributed by atoms with E-state index >= 15 is 0 Å². The highest BCUT2D eigenvalue weighted by atomic mass is 16.5. The molecule has 132 valence electrons. The van der Waals surface area contributed by atoms with Crippen molar-refractivity contribution in [2.45, 2.75) is 25.2 Å². The Balaban J connectivity index is 1.94. The second-order valence-corrected chi connectivity index (χ2v) is 5.59. The van der Waals surface area contributed by atoms with Crippen LogP contribution in [0.4, 0.5) is 4.79 Å². The van der Waals surface area contributed by atoms with E-state index in [4.69, 9.17) is 9.47 Å². The molecule has 0 heterocycles. The number of carbonyl (C=O) groups excluding carboxylic acids is 1. The van der Waals surface area contributed by atoms with Gasteiger partial charge < -0.3 is 19.9 Å². The van der Waals surface area contributed by atoms with Gasteiger partial charge in [0, 0.05) is 0 Å². The molecule has 0 aliphatic heterocycles. The van der Waals surface area contributed by atoms with E-state index in [1.807, 2.05) is 54.6 Å². The first-order valence-electron chi connectivity index (χ1n) is 8.03. The molecule has 5 nitrogen and oxygen atoms in total. The second kappa shape index (κ2) is 9.49. The van der Waals surface area contributed by atoms with Crippen LogP contribution in [0.25, 0.3) is 0 Å². The minimum atomic E-state index is -0.883. The summed E-state index contributed by atoms with van der Waals surface area (Å²) in [6.07, 6.45) is 0.373. The maximum Gasteiger partial charge on any atom is 0.407 e. The van der Waals surface area contributed by atoms with E-state index in [-0.39, 0.29) is 6.61 Å². The molecule has 0 unspecified atom stereocenters. The second-order valence-electron chi connectivity index (χ2n) is 5.59. The van der Waals surface area contributed by atoms with Crippen molar-refractivity contribution < 1.29 is 19.4 Å². The van der Waals surface area contributed by atoms with Crippen molar-refractivity contribution in [2.75, 3.05) is 7.11 Å². The SMILES string of the molecule is C=C[C@@H](O)[C@H](Cc1ccc(OC)cc1)NC(=O)OCc1ccccc1. The first kappa shape index (κ1) is 18.5. The zero-order valence-corrected chi connectivity index (χ0v) is 14.2. The molecule has 0 aliphatic carbocycles. The third kappa shape index (κ3) is 5.97. The Labute approximate surface area is 147 Å². The molecular formula is C20H23NO4. The summed E-state index contributed by atoms with van der Waals surface area (Å²) in [5.41, 5.74) is 1.85. The van der Waals surface area contributed by atoms with Crippen molar-refractivity contribution in [2.24, 2.45) is 0 Å². The normalized spacial score (nSPS) is 12.7. The summed E-state index contributed by atoms with van der Waals surface area (Å²) in [5.74, 6) is 0.750. The third-order valence-corrected chi connectivity index (χ3v) is 3.78. The Morgan fingerprint density at radius 1 is 1.16 bits per heavy atom. The monoisotopic (exact) mass is 341 g/mol. The molecule has 0 spiro atoms. The van der Waals surface area contributed by atoms with Crippen molar-refractivity contribution in [1.82, 2.24) is 5.32 Å². The fourth-order valence-electron chi connectivity index (χ4n) is 2.35. The smallest absolute Gasteiger partial charge is 0.407 e. The van der Waals surface area contributed by atoms with E-state index in [1.165, 1.54) is 6.08 Å². The van der Waals surface area contributed by atoms with Gasteiger partial charge in [0.25, 0.3) is 0 Å². The lowest BCUT2D eigenvalue weighted by molar-refractivity contribution is 0.118. The third-order valence-electron chi connectivity index (χ3n) is 3.78. The Morgan fingerprint density at radius 3 is 2.44 bits per heavy atom. The van der Waals surface area contributed by atoms with Gasteiger partial charge in [0.2, 0.25) is 0 Å². The Bertz CT molecular complexity index is 670. The van der Waals surface area contributed by atoms with Gasteiger partial charge in [-0.3, -0.25) is 0 Å². The maximum atomic E-state index is 12.0. The van der Waals surface area contributed by atoms with Crippen molar-refractivity contribution in [3.05, 3.63) is 78.4 Å². The number of aliphatic hydroxyl groups excluding tert-OH is 1. The first-order chi connectivity index (χ1) is 12.1. The number of hydrogen-bond donors (Lipinski definition) is 2. The van der Waals surface area contributed by atoms with Gasteiger partial charge in [0.05, 0.1) is 19.3 Å². The van der Waals surface area contributed by atoms with Gasteiger partial charge in [-0.1, -0.05) is 48.5 Å². The molecule has 0 saturated carbocycles. The van der Waals surface area contributed by atoms with Crippen LogP contribution in [0, 0.1) is 0 Å². The van der Waals surface area contributed by atoms with Crippen LogP contribution in [0.1, 0.15) is 11.1 Å². The lowest BCUT2D eigenvalue weighted by Gasteiger charge is -2.22. The van der Waals surface area contributed by atoms with Crippen molar-refractivity contribution in [3.8, 4) is 5.75 Å². The van der Waals surface area contributed by atoms with E-state index in [1.54, 1.807) is 7.11 Å². The summed E-state index contributed by atoms with van der Waals surface area (Å²) < 4.78 is 10.3. The molecule has 5 heteroatoms. The van der Waals surface area contributed by atoms with Crippen LogP contribution in [0.2, 0.25) is 0 Å². The van der Waals surface area contributed by atoms with Gasteiger partial charge in [-0.05, 0) is 29.7 Å². The molecule has 0 saturated heterocycles. The predicted molar refractivity (Wildman–Crippen MR) is 96.5 cm³/mol. The summed E-state index contributed by atoms with van der Waals surface area (Å²) in [4.78, 5) is 12.0. The highest BCUT2D eigenvalue weighted by Gasteiger charge is 2.20. The molecule has 25 heavy (non-hydrogen) atoms. The predicted octanol–water partition coefficient (Wildman–Crippen LogP) is 3.08. The van der Waals surface area contributed by atoms with Crippen LogP contribution < -0.4 is 10.1 Å². The summed E-state index contributed by atoms with van der Waals surface area (Å²) in [5, 5.41) is 12.8. The van der Waals surface area contributed by atoms with Gasteiger partial charge in [-0.25, -0.2) is 4.79 Å². The summed E-state index contributed by atoms with van der Waals surface area (Å²) in [7, 11) is 1.60. The molecular weight excluding hydrogens is 318 g/mol. The summed E-state index contributed by atoms with van der Waals surface area (Å²) in [6, 6.07) is 16.3. The standard InChI is InChI=1S/C20H23NO4/c1-3-19(22)18(13-15-9-11-17(24-2)12-10-15)21-20(23)25-14-16-7-5-4-6-8-16/h3-12,18-19,22H,1,13-14H2,2H3,(H,21,23)/t18-,19+/m0/s1. The molecule has 2 atom stereocenters. The Kier molecular flexibility index (Phi) is 7.04. The summed E-state index contributed by atoms with van der Waals surface area (Å²) in [6.45, 7) is 3.76. The minimum absolute atomic E-state index is 0.173. The number of rotatable bonds is 8. The number of ether oxygens (including phenoxy) is 2. The molecule has 0 aliphatic rings. The molecule has 1 amide bonds. The number of methoxy groups -OCH3 is 1. The van der Waals surface area contributed by atoms with Gasteiger partial charge in [0.15, 0.2) is 0 Å². The number of alkyl carbamates (subject to hydrolysis) is 1. The van der Waals surface area contributed by atoms with Gasteiger partial charge in [-0.15, -0.1) is 6.58 Å². The highest BCUT2D eigenvalue weighted by Crippen LogP contribution is 2.14. The van der Waals surface area contributed by atoms with Crippen LogP contribution in [-0.2, 0) is 17.8 Å². The average molecular weight is 341 g/mol. The van der Waals surface area contributed by atoms with Crippen LogP contribution >= 0.6 is 0 Å². The largest absolute Gasteiger partial charge is 0.497 e. The van der Waals surface area contributed by atoms with Crippen LogP contribution in [-0.4, -0.2) is 30.5 Å². The molecule has 0 radical (unpaired) electrons. The van der Waals surface area contributed by atoms with Gasteiger partial charge in [0.1, 0.15) is 12.4 Å². The van der Waals surface area contributed by atoms with Crippen molar-refractivity contribution >= 4 is 6.09 Å². The molecule has 0 aromatic heterocycles. The number of amides is 1. The van der Waals surface area contributed by atoms with Crippen LogP contribution in [0.15, 0.2) is 67.3 Å². The fraction of sp³-hybridized carbons (Fsp3) is 0.250. The number of carbonyl (C=O) groups is 1. The molecule has 2 N–H and O–H groups in total. The number of hydrogen-bond acceptors (Lipinski definition) is 4. The van der Waals surface area contributed by atoms with E-state index in [9.17, 15) is 9.90 Å². The number of benzene rings is 2. The number of nitrogens with one attached hydrogen (secondary N) is 1. The zero-order chi connectivity index (χ0) is 18.1. The van der Waals surface area contributed by atoms with Crippen LogP contribution in [0.5, 0.6) is 5.75 Å². The lowest BCUT2D eigenvalue weighted by Crippen LogP contribution is -2.44. The molecule has 0 bridgehead atoms. The van der Waals surface area contributed by atoms with Crippen LogP contribution in [0.3, 0.4) is 0 Å². The Hall–Kier alpha value is -2.79.